The van der Waals surface area contributed by atoms with Crippen LogP contribution in [0.2, 0.25) is 0 Å². The van der Waals surface area contributed by atoms with Crippen LogP contribution in [0.4, 0.5) is 10.2 Å². The Morgan fingerprint density at radius 3 is 2.84 bits per heavy atom. The number of hydrogen-bond donors (Lipinski definition) is 1. The van der Waals surface area contributed by atoms with Crippen LogP contribution in [0.15, 0.2) is 42.6 Å². The Balaban J connectivity index is 1.63. The van der Waals surface area contributed by atoms with Crippen molar-refractivity contribution in [3.8, 4) is 11.3 Å². The van der Waals surface area contributed by atoms with E-state index in [1.807, 2.05) is 16.6 Å². The quantitative estimate of drug-likeness (QED) is 0.791. The molecule has 25 heavy (non-hydrogen) atoms. The average Bonchev–Trinajstić information content (AvgIpc) is 3.10. The first-order valence-corrected chi connectivity index (χ1v) is 8.75. The fourth-order valence-electron chi connectivity index (χ4n) is 3.43. The lowest BCUT2D eigenvalue weighted by Crippen LogP contribution is -2.41. The van der Waals surface area contributed by atoms with Gasteiger partial charge in [-0.25, -0.2) is 9.37 Å². The van der Waals surface area contributed by atoms with Crippen LogP contribution in [0.3, 0.4) is 0 Å². The molecule has 0 amide bonds. The van der Waals surface area contributed by atoms with Gasteiger partial charge in [0.15, 0.2) is 5.65 Å². The van der Waals surface area contributed by atoms with Gasteiger partial charge in [-0.1, -0.05) is 6.42 Å². The standard InChI is InChI=1S/C19H22FN5/c1-24-11-3-2-4-16(24)13-21-19-12-17(14-5-7-15(20)8-6-14)23-18-9-10-22-25(18)19/h5-10,12,16,21H,2-4,11,13H2,1H3/t16-/m1/s1. The Hall–Kier alpha value is -2.47. The van der Waals surface area contributed by atoms with Gasteiger partial charge in [-0.3, -0.25) is 0 Å². The molecule has 0 spiro atoms. The second-order valence-corrected chi connectivity index (χ2v) is 6.65. The second-order valence-electron chi connectivity index (χ2n) is 6.65. The monoisotopic (exact) mass is 339 g/mol. The molecule has 130 valence electrons. The summed E-state index contributed by atoms with van der Waals surface area (Å²) in [4.78, 5) is 7.05. The molecule has 2 aromatic heterocycles. The van der Waals surface area contributed by atoms with E-state index in [1.54, 1.807) is 18.3 Å². The highest BCUT2D eigenvalue weighted by Gasteiger charge is 2.19. The minimum atomic E-state index is -0.243. The van der Waals surface area contributed by atoms with Gasteiger partial charge in [0.05, 0.1) is 11.9 Å². The fourth-order valence-corrected chi connectivity index (χ4v) is 3.43. The Morgan fingerprint density at radius 2 is 2.04 bits per heavy atom. The summed E-state index contributed by atoms with van der Waals surface area (Å²) >= 11 is 0. The number of benzene rings is 1. The summed E-state index contributed by atoms with van der Waals surface area (Å²) in [5, 5.41) is 7.91. The number of rotatable bonds is 4. The Kier molecular flexibility index (Phi) is 4.36. The number of piperidine rings is 1. The van der Waals surface area contributed by atoms with Crippen molar-refractivity contribution >= 4 is 11.5 Å². The first kappa shape index (κ1) is 16.0. The van der Waals surface area contributed by atoms with Gasteiger partial charge in [-0.15, -0.1) is 0 Å². The predicted octanol–water partition coefficient (Wildman–Crippen LogP) is 3.43. The van der Waals surface area contributed by atoms with Crippen LogP contribution >= 0.6 is 0 Å². The van der Waals surface area contributed by atoms with Crippen LogP contribution in [0.25, 0.3) is 16.9 Å². The molecule has 0 saturated carbocycles. The van der Waals surface area contributed by atoms with E-state index in [0.717, 1.165) is 35.8 Å². The maximum Gasteiger partial charge on any atom is 0.157 e. The molecule has 1 aromatic carbocycles. The summed E-state index contributed by atoms with van der Waals surface area (Å²) in [7, 11) is 2.19. The van der Waals surface area contributed by atoms with Crippen LogP contribution in [0.1, 0.15) is 19.3 Å². The summed E-state index contributed by atoms with van der Waals surface area (Å²) in [5.41, 5.74) is 2.48. The molecule has 4 rings (SSSR count). The Morgan fingerprint density at radius 1 is 1.20 bits per heavy atom. The van der Waals surface area contributed by atoms with Gasteiger partial charge in [0, 0.05) is 30.3 Å². The Bertz CT molecular complexity index is 858. The third-order valence-electron chi connectivity index (χ3n) is 4.94. The number of likely N-dealkylation sites (N-methyl/N-ethyl adjacent to an activating group) is 1. The largest absolute Gasteiger partial charge is 0.368 e. The number of hydrogen-bond acceptors (Lipinski definition) is 4. The van der Waals surface area contributed by atoms with Gasteiger partial charge in [0.2, 0.25) is 0 Å². The molecule has 1 saturated heterocycles. The number of aromatic nitrogens is 3. The van der Waals surface area contributed by atoms with E-state index in [1.165, 1.54) is 31.4 Å². The second kappa shape index (κ2) is 6.80. The predicted molar refractivity (Wildman–Crippen MR) is 97.1 cm³/mol. The van der Waals surface area contributed by atoms with Gasteiger partial charge in [0.25, 0.3) is 0 Å². The molecule has 1 atom stereocenters. The molecular formula is C19H22FN5. The van der Waals surface area contributed by atoms with E-state index in [9.17, 15) is 4.39 Å². The average molecular weight is 339 g/mol. The summed E-state index contributed by atoms with van der Waals surface area (Å²) < 4.78 is 15.0. The van der Waals surface area contributed by atoms with Gasteiger partial charge in [0.1, 0.15) is 11.6 Å². The number of fused-ring (bicyclic) bond motifs is 1. The lowest BCUT2D eigenvalue weighted by Gasteiger charge is -2.32. The van der Waals surface area contributed by atoms with Gasteiger partial charge in [-0.2, -0.15) is 9.61 Å². The van der Waals surface area contributed by atoms with Crippen LogP contribution in [-0.2, 0) is 0 Å². The summed E-state index contributed by atoms with van der Waals surface area (Å²) in [6, 6.07) is 10.8. The molecule has 1 N–H and O–H groups in total. The third-order valence-corrected chi connectivity index (χ3v) is 4.94. The molecule has 1 aliphatic rings. The topological polar surface area (TPSA) is 45.5 Å². The molecule has 6 heteroatoms. The SMILES string of the molecule is CN1CCCC[C@@H]1CNc1cc(-c2ccc(F)cc2)nc2ccnn12. The van der Waals surface area contributed by atoms with E-state index in [-0.39, 0.29) is 5.82 Å². The van der Waals surface area contributed by atoms with Crippen molar-refractivity contribution in [1.29, 1.82) is 0 Å². The van der Waals surface area contributed by atoms with Gasteiger partial charge < -0.3 is 10.2 Å². The van der Waals surface area contributed by atoms with Crippen molar-refractivity contribution in [2.75, 3.05) is 25.5 Å². The molecule has 0 aliphatic carbocycles. The molecule has 1 fully saturated rings. The molecule has 1 aliphatic heterocycles. The van der Waals surface area contributed by atoms with E-state index >= 15 is 0 Å². The maximum atomic E-state index is 13.2. The first-order chi connectivity index (χ1) is 12.2. The zero-order valence-electron chi connectivity index (χ0n) is 14.3. The van der Waals surface area contributed by atoms with Crippen LogP contribution in [-0.4, -0.2) is 45.7 Å². The smallest absolute Gasteiger partial charge is 0.157 e. The molecule has 3 heterocycles. The Labute approximate surface area is 146 Å². The van der Waals surface area contributed by atoms with Crippen molar-refractivity contribution in [3.63, 3.8) is 0 Å². The first-order valence-electron chi connectivity index (χ1n) is 8.75. The highest BCUT2D eigenvalue weighted by Crippen LogP contribution is 2.23. The fraction of sp³-hybridized carbons (Fsp3) is 0.368. The number of likely N-dealkylation sites (tertiary alicyclic amines) is 1. The van der Waals surface area contributed by atoms with Crippen LogP contribution in [0.5, 0.6) is 0 Å². The maximum absolute atomic E-state index is 13.2. The zero-order chi connectivity index (χ0) is 17.2. The van der Waals surface area contributed by atoms with Crippen molar-refractivity contribution < 1.29 is 4.39 Å². The number of nitrogens with one attached hydrogen (secondary N) is 1. The molecule has 0 bridgehead atoms. The van der Waals surface area contributed by atoms with E-state index in [2.05, 4.69) is 27.3 Å². The van der Waals surface area contributed by atoms with E-state index in [0.29, 0.717) is 6.04 Å². The minimum absolute atomic E-state index is 0.243. The van der Waals surface area contributed by atoms with Crippen LogP contribution < -0.4 is 5.32 Å². The lowest BCUT2D eigenvalue weighted by atomic mass is 10.0. The van der Waals surface area contributed by atoms with Gasteiger partial charge >= 0.3 is 0 Å². The third kappa shape index (κ3) is 3.35. The minimum Gasteiger partial charge on any atom is -0.368 e. The highest BCUT2D eigenvalue weighted by atomic mass is 19.1. The molecule has 0 unspecified atom stereocenters. The van der Waals surface area contributed by atoms with E-state index in [4.69, 9.17) is 0 Å². The van der Waals surface area contributed by atoms with Crippen molar-refractivity contribution in [1.82, 2.24) is 19.5 Å². The highest BCUT2D eigenvalue weighted by molar-refractivity contribution is 5.66. The number of nitrogens with zero attached hydrogens (tertiary/aromatic N) is 4. The van der Waals surface area contributed by atoms with Gasteiger partial charge in [-0.05, 0) is 50.7 Å². The van der Waals surface area contributed by atoms with Crippen LogP contribution in [0, 0.1) is 5.82 Å². The summed E-state index contributed by atoms with van der Waals surface area (Å²) in [6.45, 7) is 2.03. The number of anilines is 1. The van der Waals surface area contributed by atoms with Crippen molar-refractivity contribution in [2.45, 2.75) is 25.3 Å². The van der Waals surface area contributed by atoms with Crippen molar-refractivity contribution in [2.24, 2.45) is 0 Å². The summed E-state index contributed by atoms with van der Waals surface area (Å²) in [5.74, 6) is 0.668. The van der Waals surface area contributed by atoms with E-state index < -0.39 is 0 Å². The van der Waals surface area contributed by atoms with Crippen molar-refractivity contribution in [3.05, 3.63) is 48.4 Å². The summed E-state index contributed by atoms with van der Waals surface area (Å²) in [6.07, 6.45) is 5.52. The molecule has 3 aromatic rings. The zero-order valence-corrected chi connectivity index (χ0v) is 14.3. The molecular weight excluding hydrogens is 317 g/mol. The lowest BCUT2D eigenvalue weighted by molar-refractivity contribution is 0.194. The normalized spacial score (nSPS) is 18.6. The number of halogens is 1. The molecule has 0 radical (unpaired) electrons. The molecule has 5 nitrogen and oxygen atoms in total.